The molecule has 0 aromatic heterocycles. The molecule has 2 N–H and O–H groups in total. The summed E-state index contributed by atoms with van der Waals surface area (Å²) in [5, 5.41) is 6.18. The van der Waals surface area contributed by atoms with Crippen molar-refractivity contribution in [2.75, 3.05) is 51.1 Å². The fourth-order valence-corrected chi connectivity index (χ4v) is 3.40. The van der Waals surface area contributed by atoms with Crippen molar-refractivity contribution in [2.24, 2.45) is 0 Å². The van der Waals surface area contributed by atoms with Crippen molar-refractivity contribution in [3.05, 3.63) is 29.0 Å². The van der Waals surface area contributed by atoms with E-state index in [0.717, 1.165) is 39.3 Å². The largest absolute Gasteiger partial charge is 0.325 e. The van der Waals surface area contributed by atoms with Crippen LogP contribution in [0.2, 0.25) is 5.02 Å². The third kappa shape index (κ3) is 4.41. The van der Waals surface area contributed by atoms with Crippen molar-refractivity contribution >= 4 is 23.2 Å². The van der Waals surface area contributed by atoms with Crippen LogP contribution in [0.25, 0.3) is 0 Å². The second kappa shape index (κ2) is 7.57. The zero-order chi connectivity index (χ0) is 16.2. The van der Waals surface area contributed by atoms with Gasteiger partial charge in [-0.05, 0) is 31.2 Å². The molecule has 0 spiro atoms. The molecular weight excluding hydrogens is 319 g/mol. The second-order valence-electron chi connectivity index (χ2n) is 6.14. The van der Waals surface area contributed by atoms with Crippen LogP contribution in [0.5, 0.6) is 0 Å². The molecule has 1 unspecified atom stereocenters. The van der Waals surface area contributed by atoms with E-state index in [0.29, 0.717) is 18.3 Å². The van der Waals surface area contributed by atoms with Crippen LogP contribution in [-0.2, 0) is 4.79 Å². The van der Waals surface area contributed by atoms with Gasteiger partial charge in [0.2, 0.25) is 5.91 Å². The Morgan fingerprint density at radius 2 is 2.13 bits per heavy atom. The minimum absolute atomic E-state index is 0.0154. The summed E-state index contributed by atoms with van der Waals surface area (Å²) in [5.41, 5.74) is 0.525. The molecule has 1 aromatic carbocycles. The summed E-state index contributed by atoms with van der Waals surface area (Å²) in [5.74, 6) is -0.578. The number of carbonyl (C=O) groups is 1. The Morgan fingerprint density at radius 1 is 1.35 bits per heavy atom. The van der Waals surface area contributed by atoms with Crippen molar-refractivity contribution in [3.63, 3.8) is 0 Å². The first-order valence-electron chi connectivity index (χ1n) is 8.04. The van der Waals surface area contributed by atoms with Crippen molar-refractivity contribution in [1.29, 1.82) is 0 Å². The zero-order valence-corrected chi connectivity index (χ0v) is 13.8. The van der Waals surface area contributed by atoms with Gasteiger partial charge in [0.1, 0.15) is 5.82 Å². The SMILES string of the molecule is O=C(CN1CCN(C2CCNC2)CC1)Nc1ccc(F)c(Cl)c1. The molecule has 0 radical (unpaired) electrons. The Labute approximate surface area is 140 Å². The third-order valence-corrected chi connectivity index (χ3v) is 4.82. The number of nitrogens with one attached hydrogen (secondary N) is 2. The van der Waals surface area contributed by atoms with Gasteiger partial charge in [-0.25, -0.2) is 4.39 Å². The van der Waals surface area contributed by atoms with E-state index in [9.17, 15) is 9.18 Å². The van der Waals surface area contributed by atoms with Gasteiger partial charge in [-0.3, -0.25) is 14.6 Å². The highest BCUT2D eigenvalue weighted by Gasteiger charge is 2.26. The monoisotopic (exact) mass is 340 g/mol. The third-order valence-electron chi connectivity index (χ3n) is 4.53. The number of piperazine rings is 1. The number of nitrogens with zero attached hydrogens (tertiary/aromatic N) is 2. The lowest BCUT2D eigenvalue weighted by molar-refractivity contribution is -0.117. The van der Waals surface area contributed by atoms with Gasteiger partial charge in [0.15, 0.2) is 0 Å². The second-order valence-corrected chi connectivity index (χ2v) is 6.54. The van der Waals surface area contributed by atoms with Gasteiger partial charge in [-0.15, -0.1) is 0 Å². The van der Waals surface area contributed by atoms with Gasteiger partial charge in [0.25, 0.3) is 0 Å². The van der Waals surface area contributed by atoms with Crippen LogP contribution in [-0.4, -0.2) is 67.6 Å². The summed E-state index contributed by atoms with van der Waals surface area (Å²) >= 11 is 5.72. The van der Waals surface area contributed by atoms with Crippen LogP contribution in [0.4, 0.5) is 10.1 Å². The van der Waals surface area contributed by atoms with Gasteiger partial charge < -0.3 is 10.6 Å². The molecule has 1 aromatic rings. The first-order chi connectivity index (χ1) is 11.1. The minimum atomic E-state index is -0.484. The smallest absolute Gasteiger partial charge is 0.238 e. The summed E-state index contributed by atoms with van der Waals surface area (Å²) in [6, 6.07) is 4.85. The van der Waals surface area contributed by atoms with E-state index in [2.05, 4.69) is 20.4 Å². The number of halogens is 2. The number of amides is 1. The zero-order valence-electron chi connectivity index (χ0n) is 13.0. The van der Waals surface area contributed by atoms with E-state index < -0.39 is 5.82 Å². The van der Waals surface area contributed by atoms with Gasteiger partial charge in [-0.1, -0.05) is 11.6 Å². The summed E-state index contributed by atoms with van der Waals surface area (Å²) < 4.78 is 13.1. The molecule has 2 fully saturated rings. The first-order valence-corrected chi connectivity index (χ1v) is 8.41. The predicted molar refractivity (Wildman–Crippen MR) is 89.3 cm³/mol. The topological polar surface area (TPSA) is 47.6 Å². The molecule has 1 amide bonds. The van der Waals surface area contributed by atoms with Gasteiger partial charge >= 0.3 is 0 Å². The number of benzene rings is 1. The summed E-state index contributed by atoms with van der Waals surface area (Å²) in [4.78, 5) is 16.8. The van der Waals surface area contributed by atoms with E-state index in [-0.39, 0.29) is 10.9 Å². The summed E-state index contributed by atoms with van der Waals surface area (Å²) in [6.07, 6.45) is 1.21. The molecular formula is C16H22ClFN4O. The van der Waals surface area contributed by atoms with Crippen LogP contribution >= 0.6 is 11.6 Å². The normalized spacial score (nSPS) is 23.1. The Kier molecular flexibility index (Phi) is 5.48. The van der Waals surface area contributed by atoms with Crippen molar-refractivity contribution in [2.45, 2.75) is 12.5 Å². The van der Waals surface area contributed by atoms with E-state index in [1.807, 2.05) is 0 Å². The van der Waals surface area contributed by atoms with E-state index in [1.54, 1.807) is 0 Å². The summed E-state index contributed by atoms with van der Waals surface area (Å²) in [6.45, 7) is 6.33. The molecule has 1 atom stereocenters. The number of hydrogen-bond donors (Lipinski definition) is 2. The molecule has 0 bridgehead atoms. The molecule has 126 valence electrons. The molecule has 5 nitrogen and oxygen atoms in total. The number of hydrogen-bond acceptors (Lipinski definition) is 4. The lowest BCUT2D eigenvalue weighted by Crippen LogP contribution is -2.52. The molecule has 0 aliphatic carbocycles. The van der Waals surface area contributed by atoms with Crippen molar-refractivity contribution < 1.29 is 9.18 Å². The molecule has 2 aliphatic heterocycles. The van der Waals surface area contributed by atoms with Crippen LogP contribution < -0.4 is 10.6 Å². The highest BCUT2D eigenvalue weighted by molar-refractivity contribution is 6.31. The average Bonchev–Trinajstić information content (AvgIpc) is 3.06. The Balaban J connectivity index is 1.44. The van der Waals surface area contributed by atoms with Gasteiger partial charge in [0.05, 0.1) is 11.6 Å². The Morgan fingerprint density at radius 3 is 2.78 bits per heavy atom. The lowest BCUT2D eigenvalue weighted by atomic mass is 10.2. The maximum atomic E-state index is 13.1. The van der Waals surface area contributed by atoms with Crippen LogP contribution in [0, 0.1) is 5.82 Å². The first kappa shape index (κ1) is 16.6. The fourth-order valence-electron chi connectivity index (χ4n) is 3.22. The minimum Gasteiger partial charge on any atom is -0.325 e. The standard InChI is InChI=1S/C16H22ClFN4O/c17-14-9-12(1-2-15(14)18)20-16(23)11-21-5-7-22(8-6-21)13-3-4-19-10-13/h1-2,9,13,19H,3-8,10-11H2,(H,20,23). The van der Waals surface area contributed by atoms with E-state index in [4.69, 9.17) is 11.6 Å². The number of anilines is 1. The molecule has 3 rings (SSSR count). The average molecular weight is 341 g/mol. The fraction of sp³-hybridized carbons (Fsp3) is 0.562. The highest BCUT2D eigenvalue weighted by Crippen LogP contribution is 2.19. The van der Waals surface area contributed by atoms with Crippen molar-refractivity contribution in [1.82, 2.24) is 15.1 Å². The maximum Gasteiger partial charge on any atom is 0.238 e. The number of rotatable bonds is 4. The maximum absolute atomic E-state index is 13.1. The molecule has 2 aliphatic rings. The molecule has 23 heavy (non-hydrogen) atoms. The van der Waals surface area contributed by atoms with Crippen LogP contribution in [0.1, 0.15) is 6.42 Å². The van der Waals surface area contributed by atoms with Crippen LogP contribution in [0.15, 0.2) is 18.2 Å². The summed E-state index contributed by atoms with van der Waals surface area (Å²) in [7, 11) is 0. The van der Waals surface area contributed by atoms with E-state index in [1.165, 1.54) is 24.6 Å². The van der Waals surface area contributed by atoms with Crippen molar-refractivity contribution in [3.8, 4) is 0 Å². The molecule has 7 heteroatoms. The Bertz CT molecular complexity index is 557. The molecule has 2 heterocycles. The quantitative estimate of drug-likeness (QED) is 0.870. The number of carbonyl (C=O) groups excluding carboxylic acids is 1. The van der Waals surface area contributed by atoms with Crippen LogP contribution in [0.3, 0.4) is 0 Å². The van der Waals surface area contributed by atoms with Gasteiger partial charge in [-0.2, -0.15) is 0 Å². The lowest BCUT2D eigenvalue weighted by Gasteiger charge is -2.37. The molecule has 0 saturated carbocycles. The highest BCUT2D eigenvalue weighted by atomic mass is 35.5. The predicted octanol–water partition coefficient (Wildman–Crippen LogP) is 1.40. The Hall–Kier alpha value is -1.21. The van der Waals surface area contributed by atoms with E-state index >= 15 is 0 Å². The molecule has 2 saturated heterocycles. The van der Waals surface area contributed by atoms with Gasteiger partial charge in [0, 0.05) is 44.5 Å².